The van der Waals surface area contributed by atoms with Crippen LogP contribution in [0.25, 0.3) is 0 Å². The van der Waals surface area contributed by atoms with Gasteiger partial charge in [-0.15, -0.1) is 0 Å². The predicted octanol–water partition coefficient (Wildman–Crippen LogP) is 4.08. The number of nitro groups is 1. The molecule has 1 fully saturated rings. The molecule has 104 valence electrons. The molecule has 0 radical (unpaired) electrons. The second-order valence-corrected chi connectivity index (χ2v) is 5.98. The maximum absolute atomic E-state index is 13.3. The lowest BCUT2D eigenvalue weighted by atomic mass is 10.2. The van der Waals surface area contributed by atoms with E-state index in [4.69, 9.17) is 11.6 Å². The molecule has 19 heavy (non-hydrogen) atoms. The quantitative estimate of drug-likeness (QED) is 0.672. The van der Waals surface area contributed by atoms with Crippen molar-refractivity contribution in [2.24, 2.45) is 0 Å². The number of hydrogen-bond donors (Lipinski definition) is 1. The van der Waals surface area contributed by atoms with Crippen LogP contribution >= 0.6 is 23.4 Å². The van der Waals surface area contributed by atoms with Gasteiger partial charge in [0.2, 0.25) is 0 Å². The summed E-state index contributed by atoms with van der Waals surface area (Å²) in [5, 5.41) is 14.4. The molecule has 2 atom stereocenters. The van der Waals surface area contributed by atoms with Gasteiger partial charge in [-0.1, -0.05) is 18.0 Å². The number of nitrogens with one attached hydrogen (secondary N) is 1. The first-order valence-corrected chi connectivity index (χ1v) is 7.62. The van der Waals surface area contributed by atoms with Gasteiger partial charge in [-0.2, -0.15) is 11.8 Å². The molecule has 1 N–H and O–H groups in total. The van der Waals surface area contributed by atoms with Gasteiger partial charge in [0.1, 0.15) is 11.5 Å². The Hall–Kier alpha value is -1.01. The van der Waals surface area contributed by atoms with E-state index in [2.05, 4.69) is 5.32 Å². The molecule has 2 rings (SSSR count). The van der Waals surface area contributed by atoms with Crippen molar-refractivity contribution < 1.29 is 9.31 Å². The maximum Gasteiger partial charge on any atom is 0.295 e. The van der Waals surface area contributed by atoms with E-state index in [9.17, 15) is 14.5 Å². The second-order valence-electron chi connectivity index (χ2n) is 4.50. The van der Waals surface area contributed by atoms with Crippen molar-refractivity contribution in [2.75, 3.05) is 11.6 Å². The highest BCUT2D eigenvalue weighted by atomic mass is 35.5. The number of hydrogen-bond acceptors (Lipinski definition) is 4. The van der Waals surface area contributed by atoms with E-state index in [1.165, 1.54) is 6.07 Å². The summed E-state index contributed by atoms with van der Waals surface area (Å²) in [4.78, 5) is 10.4. The van der Waals surface area contributed by atoms with Gasteiger partial charge in [0.25, 0.3) is 5.69 Å². The minimum Gasteiger partial charge on any atom is -0.376 e. The van der Waals surface area contributed by atoms with Crippen LogP contribution in [0.5, 0.6) is 0 Å². The molecule has 0 spiro atoms. The van der Waals surface area contributed by atoms with E-state index in [0.717, 1.165) is 25.3 Å². The van der Waals surface area contributed by atoms with Gasteiger partial charge in [0.05, 0.1) is 16.0 Å². The van der Waals surface area contributed by atoms with Gasteiger partial charge < -0.3 is 5.32 Å². The van der Waals surface area contributed by atoms with Crippen LogP contribution in [-0.2, 0) is 0 Å². The van der Waals surface area contributed by atoms with Crippen LogP contribution in [0.2, 0.25) is 5.02 Å². The second kappa shape index (κ2) is 5.96. The van der Waals surface area contributed by atoms with Crippen molar-refractivity contribution >= 4 is 34.7 Å². The highest BCUT2D eigenvalue weighted by Crippen LogP contribution is 2.35. The third kappa shape index (κ3) is 3.12. The van der Waals surface area contributed by atoms with Crippen molar-refractivity contribution in [1.29, 1.82) is 0 Å². The summed E-state index contributed by atoms with van der Waals surface area (Å²) in [6, 6.07) is 2.33. The van der Waals surface area contributed by atoms with Crippen LogP contribution in [0.1, 0.15) is 19.3 Å². The number of thioether (sulfide) groups is 1. The number of benzene rings is 1. The topological polar surface area (TPSA) is 55.2 Å². The molecule has 1 aromatic carbocycles. The molecule has 0 heterocycles. The Labute approximate surface area is 119 Å². The summed E-state index contributed by atoms with van der Waals surface area (Å²) < 4.78 is 13.3. The minimum absolute atomic E-state index is 0.105. The first kappa shape index (κ1) is 14.4. The highest BCUT2D eigenvalue weighted by molar-refractivity contribution is 7.99. The van der Waals surface area contributed by atoms with Crippen LogP contribution in [0, 0.1) is 15.9 Å². The molecule has 4 nitrogen and oxygen atoms in total. The lowest BCUT2D eigenvalue weighted by Crippen LogP contribution is -2.26. The molecule has 0 aromatic heterocycles. The number of rotatable bonds is 4. The Kier molecular flexibility index (Phi) is 4.52. The Bertz CT molecular complexity index is 501. The number of nitro benzene ring substituents is 1. The SMILES string of the molecule is CSC1CCCC1Nc1cc(Cl)c(F)cc1[N+](=O)[O-]. The first-order valence-electron chi connectivity index (χ1n) is 5.95. The van der Waals surface area contributed by atoms with E-state index >= 15 is 0 Å². The van der Waals surface area contributed by atoms with Crippen molar-refractivity contribution in [1.82, 2.24) is 0 Å². The highest BCUT2D eigenvalue weighted by Gasteiger charge is 2.29. The third-order valence-corrected chi connectivity index (χ3v) is 4.79. The maximum atomic E-state index is 13.3. The molecule has 1 aromatic rings. The number of anilines is 1. The average Bonchev–Trinajstić information content (AvgIpc) is 2.80. The van der Waals surface area contributed by atoms with Crippen LogP contribution in [0.3, 0.4) is 0 Å². The first-order chi connectivity index (χ1) is 9.02. The van der Waals surface area contributed by atoms with Crippen LogP contribution in [0.15, 0.2) is 12.1 Å². The average molecular weight is 305 g/mol. The van der Waals surface area contributed by atoms with Gasteiger partial charge in [-0.05, 0) is 25.2 Å². The molecule has 1 saturated carbocycles. The Morgan fingerprint density at radius 2 is 2.26 bits per heavy atom. The van der Waals surface area contributed by atoms with Crippen molar-refractivity contribution in [2.45, 2.75) is 30.6 Å². The molecule has 7 heteroatoms. The van der Waals surface area contributed by atoms with E-state index in [1.54, 1.807) is 11.8 Å². The number of halogens is 2. The van der Waals surface area contributed by atoms with Gasteiger partial charge in [0, 0.05) is 11.3 Å². The molecule has 2 unspecified atom stereocenters. The van der Waals surface area contributed by atoms with Crippen LogP contribution in [0.4, 0.5) is 15.8 Å². The molecule has 1 aliphatic carbocycles. The molecular weight excluding hydrogens is 291 g/mol. The lowest BCUT2D eigenvalue weighted by molar-refractivity contribution is -0.384. The molecular formula is C12H14ClFN2O2S. The minimum atomic E-state index is -0.772. The predicted molar refractivity (Wildman–Crippen MR) is 76.6 cm³/mol. The zero-order valence-corrected chi connectivity index (χ0v) is 11.9. The molecule has 1 aliphatic rings. The summed E-state index contributed by atoms with van der Waals surface area (Å²) >= 11 is 7.45. The lowest BCUT2D eigenvalue weighted by Gasteiger charge is -2.20. The monoisotopic (exact) mass is 304 g/mol. The molecule has 0 amide bonds. The molecule has 0 bridgehead atoms. The zero-order valence-electron chi connectivity index (χ0n) is 10.4. The van der Waals surface area contributed by atoms with Gasteiger partial charge in [0.15, 0.2) is 0 Å². The fourth-order valence-electron chi connectivity index (χ4n) is 2.38. The van der Waals surface area contributed by atoms with Gasteiger partial charge >= 0.3 is 0 Å². The smallest absolute Gasteiger partial charge is 0.295 e. The normalized spacial score (nSPS) is 22.5. The van der Waals surface area contributed by atoms with Gasteiger partial charge in [-0.3, -0.25) is 10.1 Å². The Morgan fingerprint density at radius 3 is 2.89 bits per heavy atom. The standard InChI is InChI=1S/C12H14ClFN2O2S/c1-19-12-4-2-3-9(12)15-10-5-7(13)8(14)6-11(10)16(17)18/h5-6,9,12,15H,2-4H2,1H3. The fourth-order valence-corrected chi connectivity index (χ4v) is 3.47. The summed E-state index contributed by atoms with van der Waals surface area (Å²) in [5.41, 5.74) is 0.0241. The molecule has 0 saturated heterocycles. The van der Waals surface area contributed by atoms with E-state index < -0.39 is 10.7 Å². The van der Waals surface area contributed by atoms with E-state index in [1.807, 2.05) is 6.26 Å². The van der Waals surface area contributed by atoms with Crippen molar-refractivity contribution in [3.8, 4) is 0 Å². The van der Waals surface area contributed by atoms with Crippen LogP contribution < -0.4 is 5.32 Å². The molecule has 0 aliphatic heterocycles. The van der Waals surface area contributed by atoms with Crippen molar-refractivity contribution in [3.05, 3.63) is 33.1 Å². The summed E-state index contributed by atoms with van der Waals surface area (Å²) in [6.45, 7) is 0. The Balaban J connectivity index is 2.28. The number of nitrogens with zero attached hydrogens (tertiary/aromatic N) is 1. The summed E-state index contributed by atoms with van der Waals surface area (Å²) in [6.07, 6.45) is 5.15. The summed E-state index contributed by atoms with van der Waals surface area (Å²) in [7, 11) is 0. The summed E-state index contributed by atoms with van der Waals surface area (Å²) in [5.74, 6) is -0.772. The van der Waals surface area contributed by atoms with Crippen LogP contribution in [-0.4, -0.2) is 22.5 Å². The zero-order chi connectivity index (χ0) is 14.0. The van der Waals surface area contributed by atoms with Gasteiger partial charge in [-0.25, -0.2) is 4.39 Å². The third-order valence-electron chi connectivity index (χ3n) is 3.33. The van der Waals surface area contributed by atoms with Crippen molar-refractivity contribution in [3.63, 3.8) is 0 Å². The Morgan fingerprint density at radius 1 is 1.53 bits per heavy atom. The van der Waals surface area contributed by atoms with E-state index in [0.29, 0.717) is 10.9 Å². The van der Waals surface area contributed by atoms with E-state index in [-0.39, 0.29) is 16.8 Å². The fraction of sp³-hybridized carbons (Fsp3) is 0.500. The largest absolute Gasteiger partial charge is 0.376 e.